The van der Waals surface area contributed by atoms with Crippen LogP contribution in [0.25, 0.3) is 0 Å². The van der Waals surface area contributed by atoms with Crippen molar-refractivity contribution in [2.45, 2.75) is 24.9 Å². The standard InChI is InChI=1S/C8H12N2OS/c11-3-7(10-6-1-2-6)8-4-12-5-9-8/h4-7,10-11H,1-3H2. The highest BCUT2D eigenvalue weighted by atomic mass is 32.1. The fourth-order valence-electron chi connectivity index (χ4n) is 1.16. The van der Waals surface area contributed by atoms with Gasteiger partial charge in [0.25, 0.3) is 0 Å². The van der Waals surface area contributed by atoms with Gasteiger partial charge in [0, 0.05) is 11.4 Å². The number of aromatic nitrogens is 1. The van der Waals surface area contributed by atoms with Gasteiger partial charge in [0.15, 0.2) is 0 Å². The lowest BCUT2D eigenvalue weighted by atomic mass is 10.2. The summed E-state index contributed by atoms with van der Waals surface area (Å²) in [5.74, 6) is 0. The Hall–Kier alpha value is -0.450. The number of nitrogens with one attached hydrogen (secondary N) is 1. The lowest BCUT2D eigenvalue weighted by Crippen LogP contribution is -2.26. The largest absolute Gasteiger partial charge is 0.394 e. The van der Waals surface area contributed by atoms with E-state index in [4.69, 9.17) is 5.11 Å². The van der Waals surface area contributed by atoms with Gasteiger partial charge in [-0.2, -0.15) is 0 Å². The molecule has 12 heavy (non-hydrogen) atoms. The third-order valence-electron chi connectivity index (χ3n) is 2.01. The number of rotatable bonds is 4. The number of aliphatic hydroxyl groups is 1. The molecule has 1 unspecified atom stereocenters. The van der Waals surface area contributed by atoms with Crippen molar-refractivity contribution in [2.75, 3.05) is 6.61 Å². The molecule has 66 valence electrons. The van der Waals surface area contributed by atoms with Crippen LogP contribution in [0.1, 0.15) is 24.6 Å². The van der Waals surface area contributed by atoms with Crippen molar-refractivity contribution < 1.29 is 5.11 Å². The molecular weight excluding hydrogens is 172 g/mol. The predicted octanol–water partition coefficient (Wildman–Crippen LogP) is 0.929. The molecule has 1 saturated carbocycles. The zero-order valence-corrected chi connectivity index (χ0v) is 7.55. The summed E-state index contributed by atoms with van der Waals surface area (Å²) < 4.78 is 0. The van der Waals surface area contributed by atoms with Gasteiger partial charge in [0.1, 0.15) is 0 Å². The Bertz CT molecular complexity index is 233. The zero-order chi connectivity index (χ0) is 8.39. The molecule has 3 nitrogen and oxygen atoms in total. The predicted molar refractivity (Wildman–Crippen MR) is 48.1 cm³/mol. The Labute approximate surface area is 75.5 Å². The minimum atomic E-state index is 0.0451. The molecule has 1 aromatic heterocycles. The van der Waals surface area contributed by atoms with Gasteiger partial charge in [-0.3, -0.25) is 0 Å². The highest BCUT2D eigenvalue weighted by Crippen LogP contribution is 2.23. The summed E-state index contributed by atoms with van der Waals surface area (Å²) in [4.78, 5) is 4.16. The van der Waals surface area contributed by atoms with Crippen LogP contribution in [0.15, 0.2) is 10.9 Å². The monoisotopic (exact) mass is 184 g/mol. The molecule has 0 saturated heterocycles. The Kier molecular flexibility index (Phi) is 2.39. The van der Waals surface area contributed by atoms with Crippen molar-refractivity contribution in [3.8, 4) is 0 Å². The third kappa shape index (κ3) is 1.83. The minimum absolute atomic E-state index is 0.0451. The molecule has 1 aliphatic rings. The van der Waals surface area contributed by atoms with E-state index in [9.17, 15) is 0 Å². The summed E-state index contributed by atoms with van der Waals surface area (Å²) in [5, 5.41) is 14.4. The molecule has 2 rings (SSSR count). The maximum atomic E-state index is 9.08. The van der Waals surface area contributed by atoms with Gasteiger partial charge in [0.2, 0.25) is 0 Å². The highest BCUT2D eigenvalue weighted by Gasteiger charge is 2.25. The summed E-state index contributed by atoms with van der Waals surface area (Å²) in [6.07, 6.45) is 2.47. The Morgan fingerprint density at radius 2 is 2.58 bits per heavy atom. The lowest BCUT2D eigenvalue weighted by Gasteiger charge is -2.12. The lowest BCUT2D eigenvalue weighted by molar-refractivity contribution is 0.241. The summed E-state index contributed by atoms with van der Waals surface area (Å²) in [6, 6.07) is 0.660. The molecule has 0 aromatic carbocycles. The van der Waals surface area contributed by atoms with Gasteiger partial charge < -0.3 is 10.4 Å². The quantitative estimate of drug-likeness (QED) is 0.731. The van der Waals surface area contributed by atoms with Gasteiger partial charge in [-0.05, 0) is 12.8 Å². The maximum absolute atomic E-state index is 9.08. The fourth-order valence-corrected chi connectivity index (χ4v) is 1.77. The van der Waals surface area contributed by atoms with E-state index in [0.717, 1.165) is 5.69 Å². The first-order chi connectivity index (χ1) is 5.90. The Morgan fingerprint density at radius 1 is 1.75 bits per heavy atom. The summed E-state index contributed by atoms with van der Waals surface area (Å²) in [5.41, 5.74) is 2.77. The van der Waals surface area contributed by atoms with Crippen LogP contribution in [0.2, 0.25) is 0 Å². The molecular formula is C8H12N2OS. The second-order valence-electron chi connectivity index (χ2n) is 3.09. The normalized spacial score (nSPS) is 19.4. The molecule has 0 amide bonds. The van der Waals surface area contributed by atoms with Crippen LogP contribution >= 0.6 is 11.3 Å². The number of aliphatic hydroxyl groups excluding tert-OH is 1. The van der Waals surface area contributed by atoms with Crippen molar-refractivity contribution in [1.29, 1.82) is 0 Å². The summed E-state index contributed by atoms with van der Waals surface area (Å²) in [7, 11) is 0. The van der Waals surface area contributed by atoms with E-state index < -0.39 is 0 Å². The van der Waals surface area contributed by atoms with Crippen molar-refractivity contribution in [2.24, 2.45) is 0 Å². The zero-order valence-electron chi connectivity index (χ0n) is 6.73. The van der Waals surface area contributed by atoms with E-state index in [1.165, 1.54) is 12.8 Å². The van der Waals surface area contributed by atoms with Crippen molar-refractivity contribution in [1.82, 2.24) is 10.3 Å². The first kappa shape index (κ1) is 8.16. The van der Waals surface area contributed by atoms with Crippen LogP contribution in [-0.4, -0.2) is 22.7 Å². The summed E-state index contributed by atoms with van der Waals surface area (Å²) >= 11 is 1.57. The van der Waals surface area contributed by atoms with Crippen LogP contribution in [-0.2, 0) is 0 Å². The van der Waals surface area contributed by atoms with E-state index in [1.54, 1.807) is 16.8 Å². The van der Waals surface area contributed by atoms with Crippen molar-refractivity contribution >= 4 is 11.3 Å². The Balaban J connectivity index is 1.97. The Morgan fingerprint density at radius 3 is 3.08 bits per heavy atom. The molecule has 0 radical (unpaired) electrons. The average Bonchev–Trinajstić information content (AvgIpc) is 2.74. The fraction of sp³-hybridized carbons (Fsp3) is 0.625. The first-order valence-electron chi connectivity index (χ1n) is 4.15. The number of hydrogen-bond donors (Lipinski definition) is 2. The molecule has 4 heteroatoms. The van der Waals surface area contributed by atoms with Crippen LogP contribution in [0.3, 0.4) is 0 Å². The third-order valence-corrected chi connectivity index (χ3v) is 2.61. The van der Waals surface area contributed by atoms with Gasteiger partial charge >= 0.3 is 0 Å². The van der Waals surface area contributed by atoms with Gasteiger partial charge in [-0.1, -0.05) is 0 Å². The second-order valence-corrected chi connectivity index (χ2v) is 3.81. The van der Waals surface area contributed by atoms with Crippen LogP contribution in [0.4, 0.5) is 0 Å². The maximum Gasteiger partial charge on any atom is 0.0795 e. The van der Waals surface area contributed by atoms with Crippen LogP contribution in [0, 0.1) is 0 Å². The van der Waals surface area contributed by atoms with E-state index >= 15 is 0 Å². The van der Waals surface area contributed by atoms with E-state index in [0.29, 0.717) is 6.04 Å². The second kappa shape index (κ2) is 3.51. The number of hydrogen-bond acceptors (Lipinski definition) is 4. The summed E-state index contributed by atoms with van der Waals surface area (Å²) in [6.45, 7) is 0.139. The first-order valence-corrected chi connectivity index (χ1v) is 5.09. The SMILES string of the molecule is OCC(NC1CC1)c1cscn1. The molecule has 0 bridgehead atoms. The van der Waals surface area contributed by atoms with E-state index in [1.807, 2.05) is 5.38 Å². The molecule has 1 atom stereocenters. The minimum Gasteiger partial charge on any atom is -0.394 e. The van der Waals surface area contributed by atoms with Crippen molar-refractivity contribution in [3.05, 3.63) is 16.6 Å². The van der Waals surface area contributed by atoms with Crippen molar-refractivity contribution in [3.63, 3.8) is 0 Å². The molecule has 0 spiro atoms. The average molecular weight is 184 g/mol. The van der Waals surface area contributed by atoms with Crippen LogP contribution < -0.4 is 5.32 Å². The number of thiazole rings is 1. The molecule has 2 N–H and O–H groups in total. The molecule has 1 fully saturated rings. The molecule has 1 heterocycles. The van der Waals surface area contributed by atoms with E-state index in [2.05, 4.69) is 10.3 Å². The van der Waals surface area contributed by atoms with Crippen LogP contribution in [0.5, 0.6) is 0 Å². The van der Waals surface area contributed by atoms with Gasteiger partial charge in [-0.25, -0.2) is 4.98 Å². The highest BCUT2D eigenvalue weighted by molar-refractivity contribution is 7.07. The van der Waals surface area contributed by atoms with Gasteiger partial charge in [0.05, 0.1) is 23.9 Å². The van der Waals surface area contributed by atoms with Gasteiger partial charge in [-0.15, -0.1) is 11.3 Å². The molecule has 1 aliphatic carbocycles. The smallest absolute Gasteiger partial charge is 0.0795 e. The topological polar surface area (TPSA) is 45.1 Å². The molecule has 0 aliphatic heterocycles. The molecule has 1 aromatic rings. The van der Waals surface area contributed by atoms with E-state index in [-0.39, 0.29) is 12.6 Å². The number of nitrogens with zero attached hydrogens (tertiary/aromatic N) is 1.